The molecule has 0 saturated carbocycles. The molecule has 0 atom stereocenters. The topological polar surface area (TPSA) is 46.5 Å². The van der Waals surface area contributed by atoms with Crippen LogP contribution in [0.3, 0.4) is 0 Å². The van der Waals surface area contributed by atoms with E-state index in [1.54, 1.807) is 12.1 Å². The number of fused-ring (bicyclic) bond motifs is 1. The van der Waals surface area contributed by atoms with Gasteiger partial charge in [0.2, 0.25) is 0 Å². The van der Waals surface area contributed by atoms with Crippen LogP contribution >= 0.6 is 15.9 Å². The second kappa shape index (κ2) is 10.5. The minimum absolute atomic E-state index is 0.0422. The van der Waals surface area contributed by atoms with Gasteiger partial charge in [-0.1, -0.05) is 0 Å². The van der Waals surface area contributed by atoms with Gasteiger partial charge in [-0.25, -0.2) is 0 Å². The maximum absolute atomic E-state index is 11.3. The van der Waals surface area contributed by atoms with Crippen molar-refractivity contribution in [3.8, 4) is 16.5 Å². The van der Waals surface area contributed by atoms with Crippen LogP contribution in [-0.2, 0) is 17.4 Å². The molecule has 3 nitrogen and oxygen atoms in total. The van der Waals surface area contributed by atoms with Crippen molar-refractivity contribution in [3.63, 3.8) is 0 Å². The SMILES string of the molecule is Cc1cc(C#C[Se]c2cc(OCc3ccc(Br)cc3)c3c(c2)C(C)(C)CCC3(C)C)ccc1C(=O)O. The van der Waals surface area contributed by atoms with E-state index in [4.69, 9.17) is 4.74 Å². The number of aromatic carboxylic acids is 1. The summed E-state index contributed by atoms with van der Waals surface area (Å²) in [6.07, 6.45) is 2.26. The Balaban J connectivity index is 1.67. The van der Waals surface area contributed by atoms with Crippen LogP contribution in [0.25, 0.3) is 0 Å². The average Bonchev–Trinajstić information content (AvgIpc) is 2.81. The van der Waals surface area contributed by atoms with Crippen LogP contribution in [-0.4, -0.2) is 26.0 Å². The van der Waals surface area contributed by atoms with E-state index in [9.17, 15) is 9.90 Å². The van der Waals surface area contributed by atoms with Gasteiger partial charge >= 0.3 is 230 Å². The van der Waals surface area contributed by atoms with E-state index in [2.05, 4.69) is 78.6 Å². The molecule has 3 aromatic rings. The molecule has 1 aliphatic rings. The van der Waals surface area contributed by atoms with Gasteiger partial charge in [-0.05, 0) is 0 Å². The summed E-state index contributed by atoms with van der Waals surface area (Å²) in [5, 5.41) is 9.26. The van der Waals surface area contributed by atoms with Crippen LogP contribution in [0.1, 0.15) is 78.7 Å². The molecule has 0 aliphatic heterocycles. The predicted molar refractivity (Wildman–Crippen MR) is 151 cm³/mol. The number of hydrogen-bond acceptors (Lipinski definition) is 2. The first kappa shape index (κ1) is 26.5. The van der Waals surface area contributed by atoms with Gasteiger partial charge in [0.25, 0.3) is 0 Å². The normalized spacial score (nSPS) is 15.4. The van der Waals surface area contributed by atoms with Crippen molar-refractivity contribution < 1.29 is 14.6 Å². The van der Waals surface area contributed by atoms with Crippen LogP contribution in [0.2, 0.25) is 0 Å². The van der Waals surface area contributed by atoms with Gasteiger partial charge in [-0.2, -0.15) is 0 Å². The molecule has 0 radical (unpaired) electrons. The molecule has 0 bridgehead atoms. The van der Waals surface area contributed by atoms with Crippen molar-refractivity contribution in [3.05, 3.63) is 92.5 Å². The van der Waals surface area contributed by atoms with Gasteiger partial charge in [0.05, 0.1) is 0 Å². The Labute approximate surface area is 229 Å². The number of aryl methyl sites for hydroxylation is 1. The Morgan fingerprint density at radius 1 is 1.03 bits per heavy atom. The Bertz CT molecular complexity index is 1360. The Morgan fingerprint density at radius 2 is 1.72 bits per heavy atom. The number of halogens is 1. The van der Waals surface area contributed by atoms with Crippen molar-refractivity contribution >= 4 is 41.3 Å². The molecule has 0 aromatic heterocycles. The van der Waals surface area contributed by atoms with Crippen molar-refractivity contribution in [1.29, 1.82) is 0 Å². The van der Waals surface area contributed by atoms with Gasteiger partial charge < -0.3 is 0 Å². The first-order valence-corrected chi connectivity index (χ1v) is 14.5. The maximum atomic E-state index is 11.3. The van der Waals surface area contributed by atoms with E-state index in [1.165, 1.54) is 15.6 Å². The van der Waals surface area contributed by atoms with Crippen molar-refractivity contribution in [1.82, 2.24) is 0 Å². The summed E-state index contributed by atoms with van der Waals surface area (Å²) in [6, 6.07) is 18.0. The standard InChI is InChI=1S/C31H31BrO3Se/c1-20-16-21(8-11-25(20)29(33)34)12-15-36-24-17-26-28(31(4,5)14-13-30(26,2)3)27(18-24)35-19-22-6-9-23(32)10-7-22/h6-11,16-18H,13-14,19H2,1-5H3,(H,33,34). The molecule has 1 N–H and O–H groups in total. The number of carboxylic acid groups (broad SMARTS) is 1. The fourth-order valence-electron chi connectivity index (χ4n) is 4.75. The Kier molecular flexibility index (Phi) is 7.72. The average molecular weight is 610 g/mol. The van der Waals surface area contributed by atoms with Crippen LogP contribution in [0, 0.1) is 17.7 Å². The predicted octanol–water partition coefficient (Wildman–Crippen LogP) is 6.72. The molecule has 3 aromatic carbocycles. The zero-order chi connectivity index (χ0) is 26.1. The van der Waals surface area contributed by atoms with Crippen LogP contribution < -0.4 is 9.20 Å². The van der Waals surface area contributed by atoms with E-state index in [1.807, 2.05) is 25.1 Å². The van der Waals surface area contributed by atoms with E-state index in [0.717, 1.165) is 39.8 Å². The summed E-state index contributed by atoms with van der Waals surface area (Å²) in [5.41, 5.74) is 5.82. The van der Waals surface area contributed by atoms with Gasteiger partial charge in [0, 0.05) is 0 Å². The molecular weight excluding hydrogens is 579 g/mol. The van der Waals surface area contributed by atoms with E-state index in [-0.39, 0.29) is 25.8 Å². The van der Waals surface area contributed by atoms with Crippen molar-refractivity contribution in [2.24, 2.45) is 0 Å². The first-order chi connectivity index (χ1) is 17.0. The Morgan fingerprint density at radius 3 is 2.39 bits per heavy atom. The molecule has 0 fully saturated rings. The molecule has 4 rings (SSSR count). The van der Waals surface area contributed by atoms with Crippen molar-refractivity contribution in [2.75, 3.05) is 0 Å². The molecule has 0 saturated heterocycles. The second-order valence-electron chi connectivity index (χ2n) is 10.7. The summed E-state index contributed by atoms with van der Waals surface area (Å²) in [5.74, 6) is 3.29. The van der Waals surface area contributed by atoms with Gasteiger partial charge in [0.1, 0.15) is 0 Å². The third-order valence-electron chi connectivity index (χ3n) is 6.99. The molecule has 0 unspecified atom stereocenters. The second-order valence-corrected chi connectivity index (χ2v) is 13.5. The zero-order valence-corrected chi connectivity index (χ0v) is 24.7. The quantitative estimate of drug-likeness (QED) is 0.258. The molecule has 0 heterocycles. The molecule has 0 spiro atoms. The monoisotopic (exact) mass is 610 g/mol. The fourth-order valence-corrected chi connectivity index (χ4v) is 6.33. The van der Waals surface area contributed by atoms with E-state index >= 15 is 0 Å². The van der Waals surface area contributed by atoms with Crippen LogP contribution in [0.5, 0.6) is 5.75 Å². The molecular formula is C31H31BrO3Se. The zero-order valence-electron chi connectivity index (χ0n) is 21.4. The van der Waals surface area contributed by atoms with E-state index < -0.39 is 5.97 Å². The summed E-state index contributed by atoms with van der Waals surface area (Å²) in [7, 11) is 0. The number of benzene rings is 3. The van der Waals surface area contributed by atoms with Crippen LogP contribution in [0.4, 0.5) is 0 Å². The number of hydrogen-bond donors (Lipinski definition) is 1. The number of carboxylic acids is 1. The summed E-state index contributed by atoms with van der Waals surface area (Å²) < 4.78 is 8.76. The Hall–Kier alpha value is -2.51. The minimum atomic E-state index is -0.911. The van der Waals surface area contributed by atoms with Crippen molar-refractivity contribution in [2.45, 2.75) is 64.9 Å². The summed E-state index contributed by atoms with van der Waals surface area (Å²) in [6.45, 7) is 11.6. The molecule has 1 aliphatic carbocycles. The fraction of sp³-hybridized carbons (Fsp3) is 0.323. The summed E-state index contributed by atoms with van der Waals surface area (Å²) >= 11 is 3.44. The first-order valence-electron chi connectivity index (χ1n) is 12.0. The number of carbonyl (C=O) groups is 1. The van der Waals surface area contributed by atoms with Gasteiger partial charge in [-0.3, -0.25) is 0 Å². The molecule has 0 amide bonds. The molecule has 36 heavy (non-hydrogen) atoms. The van der Waals surface area contributed by atoms with E-state index in [0.29, 0.717) is 12.2 Å². The number of rotatable bonds is 5. The van der Waals surface area contributed by atoms with Gasteiger partial charge in [-0.15, -0.1) is 0 Å². The van der Waals surface area contributed by atoms with Gasteiger partial charge in [0.15, 0.2) is 0 Å². The third-order valence-corrected chi connectivity index (χ3v) is 8.93. The molecule has 5 heteroatoms. The molecule has 186 valence electrons. The van der Waals surface area contributed by atoms with Crippen LogP contribution in [0.15, 0.2) is 59.1 Å². The third kappa shape index (κ3) is 5.89. The number of ether oxygens (including phenoxy) is 1. The summed E-state index contributed by atoms with van der Waals surface area (Å²) in [4.78, 5) is 14.7.